The van der Waals surface area contributed by atoms with E-state index in [4.69, 9.17) is 4.74 Å². The molecule has 0 unspecified atom stereocenters. The number of benzene rings is 1. The Morgan fingerprint density at radius 3 is 2.90 bits per heavy atom. The molecule has 0 spiro atoms. The van der Waals surface area contributed by atoms with Crippen LogP contribution in [0, 0.1) is 6.92 Å². The Labute approximate surface area is 128 Å². The largest absolute Gasteiger partial charge is 0.491 e. The van der Waals surface area contributed by atoms with E-state index in [0.29, 0.717) is 5.13 Å². The molecule has 1 N–H and O–H groups in total. The average molecular weight is 302 g/mol. The van der Waals surface area contributed by atoms with Crippen LogP contribution in [0.15, 0.2) is 36.5 Å². The SMILES string of the molecule is Cc1cnc(NC(=O)/C=C/c2cccc(OC(C)C)c2)s1. The molecule has 0 bridgehead atoms. The van der Waals surface area contributed by atoms with Crippen molar-refractivity contribution < 1.29 is 9.53 Å². The van der Waals surface area contributed by atoms with Gasteiger partial charge in [0.25, 0.3) is 0 Å². The second kappa shape index (κ2) is 7.04. The van der Waals surface area contributed by atoms with Crippen molar-refractivity contribution in [2.24, 2.45) is 0 Å². The minimum Gasteiger partial charge on any atom is -0.491 e. The summed E-state index contributed by atoms with van der Waals surface area (Å²) >= 11 is 1.45. The summed E-state index contributed by atoms with van der Waals surface area (Å²) in [5, 5.41) is 3.34. The second-order valence-electron chi connectivity index (χ2n) is 4.84. The summed E-state index contributed by atoms with van der Waals surface area (Å²) in [4.78, 5) is 16.9. The highest BCUT2D eigenvalue weighted by Gasteiger charge is 2.02. The van der Waals surface area contributed by atoms with Crippen LogP contribution in [-0.2, 0) is 4.79 Å². The molecule has 1 aromatic heterocycles. The first kappa shape index (κ1) is 15.3. The lowest BCUT2D eigenvalue weighted by Gasteiger charge is -2.09. The molecule has 0 aliphatic heterocycles. The fraction of sp³-hybridized carbons (Fsp3) is 0.250. The van der Waals surface area contributed by atoms with E-state index < -0.39 is 0 Å². The monoisotopic (exact) mass is 302 g/mol. The summed E-state index contributed by atoms with van der Waals surface area (Å²) in [6, 6.07) is 7.62. The van der Waals surface area contributed by atoms with E-state index in [1.165, 1.54) is 17.4 Å². The Morgan fingerprint density at radius 2 is 2.24 bits per heavy atom. The average Bonchev–Trinajstić information content (AvgIpc) is 2.81. The van der Waals surface area contributed by atoms with E-state index in [1.54, 1.807) is 12.3 Å². The van der Waals surface area contributed by atoms with Crippen LogP contribution >= 0.6 is 11.3 Å². The third kappa shape index (κ3) is 5.04. The Kier molecular flexibility index (Phi) is 5.11. The zero-order chi connectivity index (χ0) is 15.2. The summed E-state index contributed by atoms with van der Waals surface area (Å²) < 4.78 is 5.62. The number of ether oxygens (including phenoxy) is 1. The Balaban J connectivity index is 1.98. The molecule has 0 fully saturated rings. The molecular formula is C16H18N2O2S. The first-order valence-electron chi connectivity index (χ1n) is 6.71. The number of carbonyl (C=O) groups excluding carboxylic acids is 1. The molecule has 1 amide bonds. The number of hydrogen-bond donors (Lipinski definition) is 1. The minimum absolute atomic E-state index is 0.126. The van der Waals surface area contributed by atoms with Gasteiger partial charge in [-0.3, -0.25) is 10.1 Å². The van der Waals surface area contributed by atoms with Gasteiger partial charge in [0.2, 0.25) is 5.91 Å². The van der Waals surface area contributed by atoms with Crippen molar-refractivity contribution in [3.8, 4) is 5.75 Å². The molecule has 0 atom stereocenters. The molecule has 2 aromatic rings. The van der Waals surface area contributed by atoms with Gasteiger partial charge in [-0.1, -0.05) is 12.1 Å². The number of rotatable bonds is 5. The molecule has 0 aliphatic rings. The maximum Gasteiger partial charge on any atom is 0.250 e. The number of anilines is 1. The van der Waals surface area contributed by atoms with Crippen LogP contribution in [-0.4, -0.2) is 17.0 Å². The second-order valence-corrected chi connectivity index (χ2v) is 6.07. The topological polar surface area (TPSA) is 51.2 Å². The maximum absolute atomic E-state index is 11.8. The molecule has 5 heteroatoms. The molecule has 0 aliphatic carbocycles. The van der Waals surface area contributed by atoms with Crippen molar-refractivity contribution in [1.29, 1.82) is 0 Å². The van der Waals surface area contributed by atoms with E-state index >= 15 is 0 Å². The predicted octanol–water partition coefficient (Wildman–Crippen LogP) is 3.89. The molecule has 110 valence electrons. The fourth-order valence-corrected chi connectivity index (χ4v) is 2.36. The highest BCUT2D eigenvalue weighted by atomic mass is 32.1. The van der Waals surface area contributed by atoms with Gasteiger partial charge in [0.15, 0.2) is 5.13 Å². The van der Waals surface area contributed by atoms with Crippen molar-refractivity contribution in [3.05, 3.63) is 47.0 Å². The van der Waals surface area contributed by atoms with Gasteiger partial charge in [-0.05, 0) is 44.5 Å². The summed E-state index contributed by atoms with van der Waals surface area (Å²) in [6.45, 7) is 5.90. The molecule has 1 aromatic carbocycles. The van der Waals surface area contributed by atoms with Gasteiger partial charge in [0, 0.05) is 17.2 Å². The maximum atomic E-state index is 11.8. The molecule has 1 heterocycles. The lowest BCUT2D eigenvalue weighted by molar-refractivity contribution is -0.111. The Morgan fingerprint density at radius 1 is 1.43 bits per heavy atom. The summed E-state index contributed by atoms with van der Waals surface area (Å²) in [5.74, 6) is 0.600. The third-order valence-electron chi connectivity index (χ3n) is 2.51. The summed E-state index contributed by atoms with van der Waals surface area (Å²) in [6.07, 6.45) is 5.10. The van der Waals surface area contributed by atoms with E-state index in [-0.39, 0.29) is 12.0 Å². The predicted molar refractivity (Wildman–Crippen MR) is 86.7 cm³/mol. The third-order valence-corrected chi connectivity index (χ3v) is 3.34. The number of aryl methyl sites for hydroxylation is 1. The van der Waals surface area contributed by atoms with Gasteiger partial charge in [-0.25, -0.2) is 4.98 Å². The number of carbonyl (C=O) groups is 1. The molecule has 21 heavy (non-hydrogen) atoms. The number of thiazole rings is 1. The van der Waals surface area contributed by atoms with Gasteiger partial charge < -0.3 is 4.74 Å². The molecule has 0 radical (unpaired) electrons. The summed E-state index contributed by atoms with van der Waals surface area (Å²) in [5.41, 5.74) is 0.915. The summed E-state index contributed by atoms with van der Waals surface area (Å²) in [7, 11) is 0. The molecule has 0 saturated heterocycles. The normalized spacial score (nSPS) is 11.0. The Bertz CT molecular complexity index is 647. The number of hydrogen-bond acceptors (Lipinski definition) is 4. The number of nitrogens with zero attached hydrogens (tertiary/aromatic N) is 1. The van der Waals surface area contributed by atoms with Crippen molar-refractivity contribution in [2.45, 2.75) is 26.9 Å². The quantitative estimate of drug-likeness (QED) is 0.852. The van der Waals surface area contributed by atoms with Gasteiger partial charge >= 0.3 is 0 Å². The van der Waals surface area contributed by atoms with Gasteiger partial charge in [-0.15, -0.1) is 11.3 Å². The van der Waals surface area contributed by atoms with Crippen LogP contribution in [0.3, 0.4) is 0 Å². The smallest absolute Gasteiger partial charge is 0.250 e. The van der Waals surface area contributed by atoms with Crippen molar-refractivity contribution >= 4 is 28.5 Å². The van der Waals surface area contributed by atoms with Crippen LogP contribution < -0.4 is 10.1 Å². The number of aromatic nitrogens is 1. The van der Waals surface area contributed by atoms with Gasteiger partial charge in [0.1, 0.15) is 5.75 Å². The van der Waals surface area contributed by atoms with E-state index in [9.17, 15) is 4.79 Å². The highest BCUT2D eigenvalue weighted by molar-refractivity contribution is 7.15. The minimum atomic E-state index is -0.195. The fourth-order valence-electron chi connectivity index (χ4n) is 1.70. The highest BCUT2D eigenvalue weighted by Crippen LogP contribution is 2.17. The van der Waals surface area contributed by atoms with Crippen LogP contribution in [0.4, 0.5) is 5.13 Å². The van der Waals surface area contributed by atoms with Crippen LogP contribution in [0.2, 0.25) is 0 Å². The van der Waals surface area contributed by atoms with E-state index in [2.05, 4.69) is 10.3 Å². The van der Waals surface area contributed by atoms with Crippen molar-refractivity contribution in [1.82, 2.24) is 4.98 Å². The van der Waals surface area contributed by atoms with Gasteiger partial charge in [-0.2, -0.15) is 0 Å². The van der Waals surface area contributed by atoms with E-state index in [1.807, 2.05) is 45.0 Å². The molecule has 2 rings (SSSR count). The van der Waals surface area contributed by atoms with Crippen molar-refractivity contribution in [2.75, 3.05) is 5.32 Å². The van der Waals surface area contributed by atoms with E-state index in [0.717, 1.165) is 16.2 Å². The lowest BCUT2D eigenvalue weighted by atomic mass is 10.2. The first-order chi connectivity index (χ1) is 10.0. The molecule has 4 nitrogen and oxygen atoms in total. The lowest BCUT2D eigenvalue weighted by Crippen LogP contribution is -2.07. The van der Waals surface area contributed by atoms with Crippen molar-refractivity contribution in [3.63, 3.8) is 0 Å². The van der Waals surface area contributed by atoms with Crippen LogP contribution in [0.25, 0.3) is 6.08 Å². The zero-order valence-electron chi connectivity index (χ0n) is 12.3. The Hall–Kier alpha value is -2.14. The number of nitrogens with one attached hydrogen (secondary N) is 1. The zero-order valence-corrected chi connectivity index (χ0v) is 13.1. The first-order valence-corrected chi connectivity index (χ1v) is 7.53. The number of amides is 1. The molecule has 0 saturated carbocycles. The van der Waals surface area contributed by atoms with Crippen LogP contribution in [0.5, 0.6) is 5.75 Å². The van der Waals surface area contributed by atoms with Gasteiger partial charge in [0.05, 0.1) is 6.10 Å². The van der Waals surface area contributed by atoms with Crippen LogP contribution in [0.1, 0.15) is 24.3 Å². The standard InChI is InChI=1S/C16H18N2O2S/c1-11(2)20-14-6-4-5-13(9-14)7-8-15(19)18-16-17-10-12(3)21-16/h4-11H,1-3H3,(H,17,18,19)/b8-7+. The molecular weight excluding hydrogens is 284 g/mol.